The smallest absolute Gasteiger partial charge is 0.338 e. The van der Waals surface area contributed by atoms with E-state index in [1.807, 2.05) is 0 Å². The topological polar surface area (TPSA) is 71.1 Å². The highest BCUT2D eigenvalue weighted by Gasteiger charge is 2.20. The van der Waals surface area contributed by atoms with Crippen LogP contribution < -0.4 is 9.47 Å². The fraction of sp³-hybridized carbons (Fsp3) is 0.467. The summed E-state index contributed by atoms with van der Waals surface area (Å²) in [6, 6.07) is 2.02. The Kier molecular flexibility index (Phi) is 3.74. The second kappa shape index (κ2) is 8.14. The average molecular weight is 302 g/mol. The van der Waals surface area contributed by atoms with Crippen molar-refractivity contribution in [1.29, 1.82) is 0 Å². The van der Waals surface area contributed by atoms with Crippen molar-refractivity contribution in [2.45, 2.75) is 20.3 Å². The number of rotatable bonds is 7. The molecule has 0 aliphatic carbocycles. The lowest BCUT2D eigenvalue weighted by Gasteiger charge is -2.14. The van der Waals surface area contributed by atoms with Crippen LogP contribution in [0.1, 0.15) is 38.0 Å². The molecule has 21 heavy (non-hydrogen) atoms. The van der Waals surface area contributed by atoms with Crippen LogP contribution in [0.4, 0.5) is 0 Å². The van der Waals surface area contributed by atoms with E-state index < -0.39 is 37.5 Å². The van der Waals surface area contributed by atoms with Crippen molar-refractivity contribution in [3.63, 3.8) is 0 Å². The first-order valence-corrected chi connectivity index (χ1v) is 6.24. The Hall–Kier alpha value is -2.24. The Morgan fingerprint density at radius 1 is 1.05 bits per heavy atom. The highest BCUT2D eigenvalue weighted by Crippen LogP contribution is 2.31. The minimum absolute atomic E-state index is 0.0284. The summed E-state index contributed by atoms with van der Waals surface area (Å²) in [7, 11) is -5.85. The average Bonchev–Trinajstić information content (AvgIpc) is 2.47. The van der Waals surface area contributed by atoms with Gasteiger partial charge in [0.25, 0.3) is 0 Å². The number of carbonyl (C=O) groups excluding carboxylic acids is 2. The highest BCUT2D eigenvalue weighted by atomic mass is 16.5. The molecule has 0 amide bonds. The Labute approximate surface area is 132 Å². The Morgan fingerprint density at radius 2 is 1.67 bits per heavy atom. The van der Waals surface area contributed by atoms with Gasteiger partial charge in [-0.15, -0.1) is 0 Å². The number of hydrogen-bond donors (Lipinski definition) is 0. The van der Waals surface area contributed by atoms with Crippen LogP contribution in [-0.4, -0.2) is 39.2 Å². The van der Waals surface area contributed by atoms with Gasteiger partial charge in [0.1, 0.15) is 0 Å². The lowest BCUT2D eigenvalue weighted by molar-refractivity contribution is -0.142. The molecule has 0 radical (unpaired) electrons. The summed E-state index contributed by atoms with van der Waals surface area (Å²) in [5, 5.41) is 0. The third-order valence-electron chi connectivity index (χ3n) is 2.52. The van der Waals surface area contributed by atoms with E-state index in [1.165, 1.54) is 0 Å². The molecule has 0 aromatic heterocycles. The highest BCUT2D eigenvalue weighted by molar-refractivity contribution is 5.93. The summed E-state index contributed by atoms with van der Waals surface area (Å²) < 4.78 is 62.5. The lowest BCUT2D eigenvalue weighted by atomic mass is 10.0. The molecule has 1 aromatic rings. The minimum Gasteiger partial charge on any atom is -0.493 e. The van der Waals surface area contributed by atoms with Crippen LogP contribution in [0.5, 0.6) is 11.5 Å². The lowest BCUT2D eigenvalue weighted by Crippen LogP contribution is -2.14. The number of esters is 2. The quantitative estimate of drug-likeness (QED) is 0.717. The van der Waals surface area contributed by atoms with Crippen LogP contribution in [0.15, 0.2) is 12.1 Å². The zero-order chi connectivity index (χ0) is 20.8. The van der Waals surface area contributed by atoms with Crippen LogP contribution in [0, 0.1) is 0 Å². The van der Waals surface area contributed by atoms with E-state index in [0.29, 0.717) is 0 Å². The molecule has 0 heterocycles. The van der Waals surface area contributed by atoms with Gasteiger partial charge >= 0.3 is 11.9 Å². The van der Waals surface area contributed by atoms with E-state index >= 15 is 0 Å². The van der Waals surface area contributed by atoms with Gasteiger partial charge in [0.15, 0.2) is 11.5 Å². The second-order valence-electron chi connectivity index (χ2n) is 3.86. The Balaban J connectivity index is 3.50. The molecule has 0 unspecified atom stereocenters. The zero-order valence-corrected chi connectivity index (χ0v) is 11.7. The summed E-state index contributed by atoms with van der Waals surface area (Å²) in [6.45, 7) is 3.29. The van der Waals surface area contributed by atoms with Crippen LogP contribution >= 0.6 is 0 Å². The number of carbonyl (C=O) groups is 2. The first-order chi connectivity index (χ1) is 12.4. The molecule has 1 rings (SSSR count). The summed E-state index contributed by atoms with van der Waals surface area (Å²) in [6.07, 6.45) is -0.382. The van der Waals surface area contributed by atoms with E-state index in [4.69, 9.17) is 27.2 Å². The van der Waals surface area contributed by atoms with Gasteiger partial charge in [-0.2, -0.15) is 0 Å². The summed E-state index contributed by atoms with van der Waals surface area (Å²) in [5.74, 6) is -2.47. The first-order valence-electron chi connectivity index (χ1n) is 9.24. The standard InChI is InChI=1S/C15H20O6/c1-5-20-14(16)8-10-7-12(18-3)13(19-4)9-11(10)15(17)21-6-2/h7,9H,5-6,8H2,1-4H3/i3D3,4D3. The molecular weight excluding hydrogens is 276 g/mol. The monoisotopic (exact) mass is 302 g/mol. The van der Waals surface area contributed by atoms with E-state index in [1.54, 1.807) is 13.8 Å². The van der Waals surface area contributed by atoms with Crippen LogP contribution in [0.2, 0.25) is 0 Å². The van der Waals surface area contributed by atoms with Crippen molar-refractivity contribution < 1.29 is 36.8 Å². The van der Waals surface area contributed by atoms with Crippen LogP contribution in [-0.2, 0) is 20.7 Å². The van der Waals surface area contributed by atoms with Gasteiger partial charge in [0.05, 0.1) is 47.5 Å². The van der Waals surface area contributed by atoms with Gasteiger partial charge in [-0.05, 0) is 31.5 Å². The molecule has 0 N–H and O–H groups in total. The van der Waals surface area contributed by atoms with Gasteiger partial charge in [0, 0.05) is 0 Å². The summed E-state index contributed by atoms with van der Waals surface area (Å²) >= 11 is 0. The largest absolute Gasteiger partial charge is 0.493 e. The summed E-state index contributed by atoms with van der Waals surface area (Å²) in [4.78, 5) is 24.0. The van der Waals surface area contributed by atoms with Crippen molar-refractivity contribution >= 4 is 11.9 Å². The van der Waals surface area contributed by atoms with Crippen LogP contribution in [0.25, 0.3) is 0 Å². The molecule has 1 aromatic carbocycles. The van der Waals surface area contributed by atoms with Crippen molar-refractivity contribution in [2.75, 3.05) is 27.3 Å². The molecule has 116 valence electrons. The van der Waals surface area contributed by atoms with E-state index in [0.717, 1.165) is 12.1 Å². The second-order valence-corrected chi connectivity index (χ2v) is 3.86. The first kappa shape index (κ1) is 9.65. The van der Waals surface area contributed by atoms with Gasteiger partial charge < -0.3 is 18.9 Å². The molecule has 6 nitrogen and oxygen atoms in total. The van der Waals surface area contributed by atoms with E-state index in [2.05, 4.69) is 0 Å². The normalized spacial score (nSPS) is 15.3. The SMILES string of the molecule is [2H]C([2H])([2H])Oc1cc(CC(=O)OCC)c(C(=O)OCC)cc1OC([2H])([2H])[2H]. The third-order valence-corrected chi connectivity index (χ3v) is 2.52. The third kappa shape index (κ3) is 4.37. The molecule has 0 spiro atoms. The maximum Gasteiger partial charge on any atom is 0.338 e. The van der Waals surface area contributed by atoms with Crippen molar-refractivity contribution in [3.05, 3.63) is 23.3 Å². The number of ether oxygens (including phenoxy) is 4. The number of benzene rings is 1. The molecule has 0 aliphatic heterocycles. The maximum atomic E-state index is 12.2. The molecule has 0 aliphatic rings. The zero-order valence-electron chi connectivity index (χ0n) is 17.7. The predicted molar refractivity (Wildman–Crippen MR) is 75.8 cm³/mol. The van der Waals surface area contributed by atoms with Crippen molar-refractivity contribution in [2.24, 2.45) is 0 Å². The van der Waals surface area contributed by atoms with Gasteiger partial charge in [-0.1, -0.05) is 0 Å². The van der Waals surface area contributed by atoms with Gasteiger partial charge in [0.2, 0.25) is 0 Å². The fourth-order valence-electron chi connectivity index (χ4n) is 1.67. The molecule has 0 fully saturated rings. The molecule has 0 saturated carbocycles. The number of methoxy groups -OCH3 is 2. The maximum absolute atomic E-state index is 12.2. The molecular formula is C15H20O6. The van der Waals surface area contributed by atoms with E-state index in [9.17, 15) is 9.59 Å². The summed E-state index contributed by atoms with van der Waals surface area (Å²) in [5.41, 5.74) is -0.119. The predicted octanol–water partition coefficient (Wildman–Crippen LogP) is 1.99. The molecule has 0 atom stereocenters. The molecule has 0 bridgehead atoms. The Morgan fingerprint density at radius 3 is 2.24 bits per heavy atom. The number of hydrogen-bond acceptors (Lipinski definition) is 6. The van der Waals surface area contributed by atoms with Gasteiger partial charge in [-0.25, -0.2) is 4.79 Å². The van der Waals surface area contributed by atoms with Gasteiger partial charge in [-0.3, -0.25) is 4.79 Å². The van der Waals surface area contributed by atoms with E-state index in [-0.39, 0.29) is 30.8 Å². The molecule has 6 heteroatoms. The minimum atomic E-state index is -2.93. The fourth-order valence-corrected chi connectivity index (χ4v) is 1.67. The van der Waals surface area contributed by atoms with Crippen molar-refractivity contribution in [3.8, 4) is 11.5 Å². The molecule has 0 saturated heterocycles. The van der Waals surface area contributed by atoms with Crippen molar-refractivity contribution in [1.82, 2.24) is 0 Å². The Bertz CT molecular complexity index is 683. The van der Waals surface area contributed by atoms with Crippen LogP contribution in [0.3, 0.4) is 0 Å².